The first-order valence-electron chi connectivity index (χ1n) is 6.92. The maximum Gasteiger partial charge on any atom is 0.353 e. The molecule has 118 valence electrons. The van der Waals surface area contributed by atoms with Crippen LogP contribution in [0.2, 0.25) is 5.02 Å². The van der Waals surface area contributed by atoms with Crippen LogP contribution in [-0.2, 0) is 16.0 Å². The molecule has 2 aromatic rings. The molecule has 1 aliphatic rings. The summed E-state index contributed by atoms with van der Waals surface area (Å²) in [6, 6.07) is 10.5. The highest BCUT2D eigenvalue weighted by Crippen LogP contribution is 2.33. The highest BCUT2D eigenvalue weighted by Gasteiger charge is 2.33. The van der Waals surface area contributed by atoms with E-state index in [9.17, 15) is 9.59 Å². The summed E-state index contributed by atoms with van der Waals surface area (Å²) in [5.41, 5.74) is 1.96. The molecule has 1 aliphatic heterocycles. The predicted octanol–water partition coefficient (Wildman–Crippen LogP) is 4.10. The molecule has 1 heterocycles. The third-order valence-corrected chi connectivity index (χ3v) is 4.29. The topological polar surface area (TPSA) is 52.6 Å². The third-order valence-electron chi connectivity index (χ3n) is 3.55. The largest absolute Gasteiger partial charge is 0.446 e. The number of hydrogen-bond acceptors (Lipinski definition) is 4. The van der Waals surface area contributed by atoms with Crippen molar-refractivity contribution in [2.24, 2.45) is 0 Å². The van der Waals surface area contributed by atoms with Gasteiger partial charge in [-0.1, -0.05) is 45.7 Å². The second-order valence-corrected chi connectivity index (χ2v) is 6.53. The molecule has 0 spiro atoms. The molecule has 0 saturated carbocycles. The molecule has 0 bridgehead atoms. The number of carbonyl (C=O) groups is 2. The van der Waals surface area contributed by atoms with E-state index in [1.54, 1.807) is 37.3 Å². The minimum atomic E-state index is -0.975. The van der Waals surface area contributed by atoms with Gasteiger partial charge in [-0.2, -0.15) is 0 Å². The van der Waals surface area contributed by atoms with Crippen molar-refractivity contribution >= 4 is 39.5 Å². The number of fused-ring (bicyclic) bond motifs is 1. The summed E-state index contributed by atoms with van der Waals surface area (Å²) in [6.07, 6.45) is -0.690. The quantitative estimate of drug-likeness (QED) is 0.567. The Morgan fingerprint density at radius 3 is 2.83 bits per heavy atom. The number of aryl methyl sites for hydroxylation is 1. The average molecular weight is 396 g/mol. The molecule has 0 fully saturated rings. The molecule has 0 amide bonds. The Morgan fingerprint density at radius 1 is 1.35 bits per heavy atom. The fraction of sp³-hybridized carbons (Fsp3) is 0.176. The number of rotatable bonds is 2. The van der Waals surface area contributed by atoms with Crippen LogP contribution in [0.1, 0.15) is 21.5 Å². The average Bonchev–Trinajstić information content (AvgIpc) is 2.50. The van der Waals surface area contributed by atoms with Gasteiger partial charge >= 0.3 is 11.9 Å². The van der Waals surface area contributed by atoms with Gasteiger partial charge in [-0.05, 0) is 36.2 Å². The van der Waals surface area contributed by atoms with Crippen LogP contribution < -0.4 is 4.74 Å². The molecule has 1 atom stereocenters. The number of carbonyl (C=O) groups excluding carboxylic acids is 2. The van der Waals surface area contributed by atoms with Crippen LogP contribution >= 0.6 is 27.5 Å². The van der Waals surface area contributed by atoms with E-state index in [1.807, 2.05) is 6.07 Å². The molecule has 2 aromatic carbocycles. The Kier molecular flexibility index (Phi) is 4.41. The van der Waals surface area contributed by atoms with Crippen molar-refractivity contribution in [1.29, 1.82) is 0 Å². The SMILES string of the molecule is Cc1cc(Br)cc(Cl)c1OC(=O)[C@H]1Cc2ccccc2C(=O)O1. The predicted molar refractivity (Wildman–Crippen MR) is 88.9 cm³/mol. The maximum absolute atomic E-state index is 12.3. The van der Waals surface area contributed by atoms with Gasteiger partial charge in [0.15, 0.2) is 5.75 Å². The Morgan fingerprint density at radius 2 is 2.09 bits per heavy atom. The molecule has 0 unspecified atom stereocenters. The number of hydrogen-bond donors (Lipinski definition) is 0. The Hall–Kier alpha value is -1.85. The van der Waals surface area contributed by atoms with Crippen molar-refractivity contribution in [1.82, 2.24) is 0 Å². The highest BCUT2D eigenvalue weighted by atomic mass is 79.9. The molecular weight excluding hydrogens is 384 g/mol. The van der Waals surface area contributed by atoms with Gasteiger partial charge in [0.05, 0.1) is 10.6 Å². The lowest BCUT2D eigenvalue weighted by Gasteiger charge is -2.23. The van der Waals surface area contributed by atoms with E-state index in [2.05, 4.69) is 15.9 Å². The van der Waals surface area contributed by atoms with Crippen molar-refractivity contribution in [3.05, 3.63) is 62.6 Å². The Bertz CT molecular complexity index is 780. The van der Waals surface area contributed by atoms with Gasteiger partial charge in [0.25, 0.3) is 0 Å². The summed E-state index contributed by atoms with van der Waals surface area (Å²) in [5, 5.41) is 0.313. The molecule has 0 aliphatic carbocycles. The van der Waals surface area contributed by atoms with Crippen molar-refractivity contribution < 1.29 is 19.1 Å². The standard InChI is InChI=1S/C17H12BrClO4/c1-9-6-11(18)8-13(19)15(9)23-17(21)14-7-10-4-2-3-5-12(10)16(20)22-14/h2-6,8,14H,7H2,1H3/t14-/m1/s1. The van der Waals surface area contributed by atoms with Crippen LogP contribution in [0, 0.1) is 6.92 Å². The van der Waals surface area contributed by atoms with E-state index in [0.717, 1.165) is 10.0 Å². The molecule has 6 heteroatoms. The number of cyclic esters (lactones) is 1. The lowest BCUT2D eigenvalue weighted by atomic mass is 9.99. The van der Waals surface area contributed by atoms with Crippen LogP contribution in [-0.4, -0.2) is 18.0 Å². The first-order valence-corrected chi connectivity index (χ1v) is 8.09. The van der Waals surface area contributed by atoms with Crippen LogP contribution in [0.3, 0.4) is 0 Å². The molecular formula is C17H12BrClO4. The van der Waals surface area contributed by atoms with Gasteiger partial charge in [-0.3, -0.25) is 0 Å². The highest BCUT2D eigenvalue weighted by molar-refractivity contribution is 9.10. The van der Waals surface area contributed by atoms with Crippen molar-refractivity contribution in [3.8, 4) is 5.75 Å². The minimum absolute atomic E-state index is 0.273. The van der Waals surface area contributed by atoms with Gasteiger partial charge in [-0.25, -0.2) is 9.59 Å². The molecule has 4 nitrogen and oxygen atoms in total. The van der Waals surface area contributed by atoms with E-state index in [4.69, 9.17) is 21.1 Å². The fourth-order valence-corrected chi connectivity index (χ4v) is 3.46. The van der Waals surface area contributed by atoms with E-state index in [0.29, 0.717) is 16.1 Å². The Balaban J connectivity index is 1.82. The number of esters is 2. The monoisotopic (exact) mass is 394 g/mol. The van der Waals surface area contributed by atoms with Crippen molar-refractivity contribution in [2.45, 2.75) is 19.4 Å². The lowest BCUT2D eigenvalue weighted by Crippen LogP contribution is -2.37. The second-order valence-electron chi connectivity index (χ2n) is 5.21. The summed E-state index contributed by atoms with van der Waals surface area (Å²) in [4.78, 5) is 24.3. The van der Waals surface area contributed by atoms with Gasteiger partial charge < -0.3 is 9.47 Å². The third kappa shape index (κ3) is 3.26. The summed E-state index contributed by atoms with van der Waals surface area (Å²) in [7, 11) is 0. The van der Waals surface area contributed by atoms with Crippen LogP contribution in [0.4, 0.5) is 0 Å². The van der Waals surface area contributed by atoms with Gasteiger partial charge in [0.1, 0.15) is 0 Å². The van der Waals surface area contributed by atoms with Crippen LogP contribution in [0.15, 0.2) is 40.9 Å². The smallest absolute Gasteiger partial charge is 0.353 e. The minimum Gasteiger partial charge on any atom is -0.446 e. The molecule has 0 aromatic heterocycles. The molecule has 3 rings (SSSR count). The zero-order chi connectivity index (χ0) is 16.6. The summed E-state index contributed by atoms with van der Waals surface area (Å²) < 4.78 is 11.3. The Labute approximate surface area is 146 Å². The number of ether oxygens (including phenoxy) is 2. The zero-order valence-electron chi connectivity index (χ0n) is 12.1. The summed E-state index contributed by atoms with van der Waals surface area (Å²) in [6.45, 7) is 1.78. The summed E-state index contributed by atoms with van der Waals surface area (Å²) in [5.74, 6) is -0.887. The molecule has 23 heavy (non-hydrogen) atoms. The van der Waals surface area contributed by atoms with Gasteiger partial charge in [0.2, 0.25) is 6.10 Å². The van der Waals surface area contributed by atoms with E-state index in [-0.39, 0.29) is 12.2 Å². The van der Waals surface area contributed by atoms with E-state index < -0.39 is 18.0 Å². The van der Waals surface area contributed by atoms with Gasteiger partial charge in [-0.15, -0.1) is 0 Å². The van der Waals surface area contributed by atoms with Crippen molar-refractivity contribution in [2.75, 3.05) is 0 Å². The van der Waals surface area contributed by atoms with E-state index >= 15 is 0 Å². The fourth-order valence-electron chi connectivity index (χ4n) is 2.45. The maximum atomic E-state index is 12.3. The molecule has 0 saturated heterocycles. The summed E-state index contributed by atoms with van der Waals surface area (Å²) >= 11 is 9.43. The first kappa shape index (κ1) is 16.0. The second kappa shape index (κ2) is 6.34. The lowest BCUT2D eigenvalue weighted by molar-refractivity contribution is -0.144. The van der Waals surface area contributed by atoms with Gasteiger partial charge in [0, 0.05) is 10.9 Å². The van der Waals surface area contributed by atoms with Crippen LogP contribution in [0.25, 0.3) is 0 Å². The van der Waals surface area contributed by atoms with Crippen LogP contribution in [0.5, 0.6) is 5.75 Å². The van der Waals surface area contributed by atoms with E-state index in [1.165, 1.54) is 0 Å². The molecule has 0 radical (unpaired) electrons. The first-order chi connectivity index (χ1) is 11.0. The number of benzene rings is 2. The van der Waals surface area contributed by atoms with Crippen molar-refractivity contribution in [3.63, 3.8) is 0 Å². The zero-order valence-corrected chi connectivity index (χ0v) is 14.5. The normalized spacial score (nSPS) is 16.5. The molecule has 0 N–H and O–H groups in total. The number of halogens is 2.